The van der Waals surface area contributed by atoms with E-state index in [-0.39, 0.29) is 17.4 Å². The number of hydrogen-bond donors (Lipinski definition) is 1. The first-order valence-electron chi connectivity index (χ1n) is 9.94. The smallest absolute Gasteiger partial charge is 0.274 e. The molecule has 0 radical (unpaired) electrons. The summed E-state index contributed by atoms with van der Waals surface area (Å²) in [4.78, 5) is 30.6. The van der Waals surface area contributed by atoms with E-state index < -0.39 is 5.91 Å². The monoisotopic (exact) mass is 598 g/mol. The Morgan fingerprint density at radius 1 is 1.25 bits per heavy atom. The number of hydrogen-bond acceptors (Lipinski definition) is 4. The highest BCUT2D eigenvalue weighted by molar-refractivity contribution is 9.10. The lowest BCUT2D eigenvalue weighted by Gasteiger charge is -2.16. The zero-order valence-corrected chi connectivity index (χ0v) is 21.6. The molecule has 166 valence electrons. The normalized spacial score (nSPS) is 14.3. The maximum Gasteiger partial charge on any atom is 0.274 e. The molecule has 1 fully saturated rings. The van der Waals surface area contributed by atoms with Gasteiger partial charge in [-0.25, -0.2) is 9.67 Å². The van der Waals surface area contributed by atoms with Gasteiger partial charge >= 0.3 is 0 Å². The molecule has 2 aromatic heterocycles. The summed E-state index contributed by atoms with van der Waals surface area (Å²) >= 11 is 19.2. The lowest BCUT2D eigenvalue weighted by atomic mass is 9.95. The maximum atomic E-state index is 13.3. The molecule has 1 amide bonds. The van der Waals surface area contributed by atoms with Gasteiger partial charge in [-0.3, -0.25) is 9.59 Å². The third kappa shape index (κ3) is 5.09. The van der Waals surface area contributed by atoms with E-state index in [0.29, 0.717) is 48.5 Å². The predicted molar refractivity (Wildman–Crippen MR) is 132 cm³/mol. The summed E-state index contributed by atoms with van der Waals surface area (Å²) in [6.45, 7) is 2.08. The molecule has 32 heavy (non-hydrogen) atoms. The number of rotatable bonds is 7. The molecule has 1 N–H and O–H groups in total. The minimum absolute atomic E-state index is 0.0645. The first kappa shape index (κ1) is 23.4. The molecule has 0 aliphatic heterocycles. The van der Waals surface area contributed by atoms with E-state index in [4.69, 9.17) is 23.2 Å². The highest BCUT2D eigenvalue weighted by atomic mass is 79.9. The Bertz CT molecular complexity index is 1210. The van der Waals surface area contributed by atoms with Crippen molar-refractivity contribution in [1.29, 1.82) is 0 Å². The standard InChI is InChI=1S/C22H18Br2Cl2N4O2/c1-11(12-4-5-12)7-18(31)14-8-13(25)9-15(23)20(14)28-22(32)17-10-19(24)29-30(17)21-16(26)3-2-6-27-21/h2-3,6,8-12H,4-5,7H2,1H3,(H,28,32). The molecule has 0 saturated heterocycles. The van der Waals surface area contributed by atoms with Crippen LogP contribution in [-0.4, -0.2) is 26.5 Å². The SMILES string of the molecule is CC(CC(=O)c1cc(Cl)cc(Br)c1NC(=O)c1cc(Br)nn1-c1ncccc1Cl)C1CC1. The van der Waals surface area contributed by atoms with Gasteiger partial charge in [-0.05, 0) is 80.8 Å². The fourth-order valence-corrected chi connectivity index (χ4v) is 5.03. The Balaban J connectivity index is 1.67. The summed E-state index contributed by atoms with van der Waals surface area (Å²) < 4.78 is 2.30. The van der Waals surface area contributed by atoms with Gasteiger partial charge < -0.3 is 5.32 Å². The van der Waals surface area contributed by atoms with E-state index in [1.165, 1.54) is 4.68 Å². The van der Waals surface area contributed by atoms with Crippen molar-refractivity contribution in [1.82, 2.24) is 14.8 Å². The van der Waals surface area contributed by atoms with Crippen LogP contribution in [-0.2, 0) is 0 Å². The van der Waals surface area contributed by atoms with Crippen molar-refractivity contribution in [2.75, 3.05) is 5.32 Å². The minimum Gasteiger partial charge on any atom is -0.319 e. The molecule has 3 aromatic rings. The van der Waals surface area contributed by atoms with Crippen LogP contribution in [0.3, 0.4) is 0 Å². The van der Waals surface area contributed by atoms with Gasteiger partial charge in [0.25, 0.3) is 5.91 Å². The largest absolute Gasteiger partial charge is 0.319 e. The number of carbonyl (C=O) groups excluding carboxylic acids is 2. The van der Waals surface area contributed by atoms with Crippen LogP contribution in [0.25, 0.3) is 5.82 Å². The van der Waals surface area contributed by atoms with Gasteiger partial charge in [0.15, 0.2) is 11.6 Å². The molecule has 4 rings (SSSR count). The summed E-state index contributed by atoms with van der Waals surface area (Å²) in [7, 11) is 0. The van der Waals surface area contributed by atoms with Crippen LogP contribution in [0.15, 0.2) is 45.6 Å². The average molecular weight is 601 g/mol. The van der Waals surface area contributed by atoms with Crippen molar-refractivity contribution < 1.29 is 9.59 Å². The first-order chi connectivity index (χ1) is 15.2. The van der Waals surface area contributed by atoms with Gasteiger partial charge in [0, 0.05) is 33.7 Å². The molecule has 1 unspecified atom stereocenters. The second kappa shape index (κ2) is 9.63. The van der Waals surface area contributed by atoms with Gasteiger partial charge in [0.1, 0.15) is 10.3 Å². The van der Waals surface area contributed by atoms with E-state index in [2.05, 4.69) is 54.2 Å². The highest BCUT2D eigenvalue weighted by Gasteiger charge is 2.30. The van der Waals surface area contributed by atoms with E-state index >= 15 is 0 Å². The number of carbonyl (C=O) groups is 2. The summed E-state index contributed by atoms with van der Waals surface area (Å²) in [5.74, 6) is 0.652. The van der Waals surface area contributed by atoms with E-state index in [1.807, 2.05) is 0 Å². The second-order valence-electron chi connectivity index (χ2n) is 7.78. The minimum atomic E-state index is -0.475. The average Bonchev–Trinajstić information content (AvgIpc) is 3.52. The van der Waals surface area contributed by atoms with Crippen LogP contribution in [0.5, 0.6) is 0 Å². The molecule has 1 aromatic carbocycles. The van der Waals surface area contributed by atoms with Crippen LogP contribution >= 0.6 is 55.1 Å². The van der Waals surface area contributed by atoms with Crippen LogP contribution in [0, 0.1) is 11.8 Å². The lowest BCUT2D eigenvalue weighted by Crippen LogP contribution is -2.20. The quantitative estimate of drug-likeness (QED) is 0.297. The fraction of sp³-hybridized carbons (Fsp3) is 0.273. The molecule has 1 saturated carbocycles. The Labute approximate surface area is 212 Å². The van der Waals surface area contributed by atoms with E-state index in [0.717, 1.165) is 12.8 Å². The summed E-state index contributed by atoms with van der Waals surface area (Å²) in [5, 5.41) is 7.89. The van der Waals surface area contributed by atoms with Gasteiger partial charge in [-0.15, -0.1) is 0 Å². The highest BCUT2D eigenvalue weighted by Crippen LogP contribution is 2.40. The Kier molecular flexibility index (Phi) is 7.05. The van der Waals surface area contributed by atoms with Crippen molar-refractivity contribution in [3.8, 4) is 5.82 Å². The number of nitrogens with zero attached hydrogens (tertiary/aromatic N) is 3. The number of Topliss-reactive ketones (excluding diaryl/α,β-unsaturated/α-hetero) is 1. The summed E-state index contributed by atoms with van der Waals surface area (Å²) in [6.07, 6.45) is 4.28. The van der Waals surface area contributed by atoms with Crippen LogP contribution in [0.1, 0.15) is 47.0 Å². The van der Waals surface area contributed by atoms with E-state index in [1.54, 1.807) is 36.5 Å². The molecule has 1 aliphatic rings. The summed E-state index contributed by atoms with van der Waals surface area (Å²) in [5.41, 5.74) is 0.929. The number of amides is 1. The zero-order chi connectivity index (χ0) is 23.0. The number of ketones is 1. The molecule has 1 atom stereocenters. The molecular weight excluding hydrogens is 583 g/mol. The third-order valence-corrected chi connectivity index (χ3v) is 6.91. The zero-order valence-electron chi connectivity index (χ0n) is 16.9. The molecule has 0 bridgehead atoms. The molecule has 1 aliphatic carbocycles. The summed E-state index contributed by atoms with van der Waals surface area (Å²) in [6, 6.07) is 8.14. The van der Waals surface area contributed by atoms with Crippen molar-refractivity contribution in [2.24, 2.45) is 11.8 Å². The lowest BCUT2D eigenvalue weighted by molar-refractivity contribution is 0.0960. The van der Waals surface area contributed by atoms with Crippen molar-refractivity contribution in [3.63, 3.8) is 0 Å². The van der Waals surface area contributed by atoms with Crippen LogP contribution < -0.4 is 5.32 Å². The number of aromatic nitrogens is 3. The van der Waals surface area contributed by atoms with Crippen LogP contribution in [0.4, 0.5) is 5.69 Å². The Morgan fingerprint density at radius 2 is 2.00 bits per heavy atom. The van der Waals surface area contributed by atoms with Gasteiger partial charge in [-0.2, -0.15) is 5.10 Å². The number of nitrogens with one attached hydrogen (secondary N) is 1. The maximum absolute atomic E-state index is 13.3. The van der Waals surface area contributed by atoms with Gasteiger partial charge in [-0.1, -0.05) is 30.1 Å². The second-order valence-corrected chi connectivity index (χ2v) is 10.3. The van der Waals surface area contributed by atoms with Crippen molar-refractivity contribution in [3.05, 3.63) is 66.9 Å². The molecule has 6 nitrogen and oxygen atoms in total. The fourth-order valence-electron chi connectivity index (χ4n) is 3.54. The Hall–Kier alpha value is -1.74. The molecule has 10 heteroatoms. The van der Waals surface area contributed by atoms with Crippen molar-refractivity contribution in [2.45, 2.75) is 26.2 Å². The van der Waals surface area contributed by atoms with Gasteiger partial charge in [0.05, 0.1) is 10.7 Å². The molecule has 0 spiro atoms. The molecule has 2 heterocycles. The predicted octanol–water partition coefficient (Wildman–Crippen LogP) is 6.97. The topological polar surface area (TPSA) is 76.9 Å². The number of benzene rings is 1. The van der Waals surface area contributed by atoms with Crippen LogP contribution in [0.2, 0.25) is 10.0 Å². The first-order valence-corrected chi connectivity index (χ1v) is 12.3. The number of anilines is 1. The van der Waals surface area contributed by atoms with Crippen molar-refractivity contribution >= 4 is 72.4 Å². The van der Waals surface area contributed by atoms with E-state index in [9.17, 15) is 9.59 Å². The van der Waals surface area contributed by atoms with Gasteiger partial charge in [0.2, 0.25) is 0 Å². The number of halogens is 4. The molecular formula is C22H18Br2Cl2N4O2. The number of pyridine rings is 1. The third-order valence-electron chi connectivity index (χ3n) is 5.38. The Morgan fingerprint density at radius 3 is 2.69 bits per heavy atom.